The smallest absolute Gasteiger partial charge is 0.416 e. The Morgan fingerprint density at radius 1 is 1.14 bits per heavy atom. The predicted molar refractivity (Wildman–Crippen MR) is 75.0 cm³/mol. The van der Waals surface area contributed by atoms with Crippen LogP contribution in [0.3, 0.4) is 0 Å². The second-order valence-electron chi connectivity index (χ2n) is 4.98. The van der Waals surface area contributed by atoms with Crippen molar-refractivity contribution in [2.24, 2.45) is 0 Å². The number of halogens is 3. The van der Waals surface area contributed by atoms with Gasteiger partial charge in [0.2, 0.25) is 0 Å². The van der Waals surface area contributed by atoms with Crippen molar-refractivity contribution in [3.63, 3.8) is 0 Å². The SMILES string of the molecule is CCNC(Cc1ccc(C(F)(F)F)cc1)c1occc1C. The van der Waals surface area contributed by atoms with Crippen molar-refractivity contribution in [2.45, 2.75) is 32.5 Å². The molecular weight excluding hydrogens is 279 g/mol. The summed E-state index contributed by atoms with van der Waals surface area (Å²) in [4.78, 5) is 0. The summed E-state index contributed by atoms with van der Waals surface area (Å²) in [6.07, 6.45) is -2.08. The number of nitrogens with one attached hydrogen (secondary N) is 1. The Balaban J connectivity index is 2.16. The number of alkyl halides is 3. The lowest BCUT2D eigenvalue weighted by Gasteiger charge is -2.17. The molecule has 1 N–H and O–H groups in total. The van der Waals surface area contributed by atoms with Gasteiger partial charge in [0.15, 0.2) is 0 Å². The molecule has 2 aromatic rings. The van der Waals surface area contributed by atoms with Crippen LogP contribution >= 0.6 is 0 Å². The number of hydrogen-bond donors (Lipinski definition) is 1. The molecule has 1 aromatic heterocycles. The molecule has 0 aliphatic rings. The molecule has 0 bridgehead atoms. The fourth-order valence-electron chi connectivity index (χ4n) is 2.31. The van der Waals surface area contributed by atoms with Gasteiger partial charge >= 0.3 is 6.18 Å². The Hall–Kier alpha value is -1.75. The van der Waals surface area contributed by atoms with Crippen molar-refractivity contribution >= 4 is 0 Å². The maximum absolute atomic E-state index is 12.6. The highest BCUT2D eigenvalue weighted by molar-refractivity contribution is 5.27. The van der Waals surface area contributed by atoms with Gasteiger partial charge in [0.1, 0.15) is 5.76 Å². The largest absolute Gasteiger partial charge is 0.467 e. The second-order valence-corrected chi connectivity index (χ2v) is 4.98. The van der Waals surface area contributed by atoms with E-state index < -0.39 is 11.7 Å². The highest BCUT2D eigenvalue weighted by atomic mass is 19.4. The number of benzene rings is 1. The molecule has 5 heteroatoms. The normalized spacial score (nSPS) is 13.4. The van der Waals surface area contributed by atoms with Gasteiger partial charge in [0.25, 0.3) is 0 Å². The van der Waals surface area contributed by atoms with Gasteiger partial charge in [-0.05, 0) is 49.2 Å². The van der Waals surface area contributed by atoms with Gasteiger partial charge in [-0.2, -0.15) is 13.2 Å². The van der Waals surface area contributed by atoms with Crippen LogP contribution in [0.2, 0.25) is 0 Å². The molecule has 0 aliphatic heterocycles. The first-order chi connectivity index (χ1) is 9.91. The fourth-order valence-corrected chi connectivity index (χ4v) is 2.31. The van der Waals surface area contributed by atoms with Gasteiger partial charge < -0.3 is 9.73 Å². The minimum Gasteiger partial charge on any atom is -0.467 e. The van der Waals surface area contributed by atoms with Crippen molar-refractivity contribution in [3.8, 4) is 0 Å². The highest BCUT2D eigenvalue weighted by Gasteiger charge is 2.30. The summed E-state index contributed by atoms with van der Waals surface area (Å²) in [5, 5.41) is 3.30. The lowest BCUT2D eigenvalue weighted by molar-refractivity contribution is -0.137. The van der Waals surface area contributed by atoms with Crippen molar-refractivity contribution in [1.29, 1.82) is 0 Å². The summed E-state index contributed by atoms with van der Waals surface area (Å²) in [5.74, 6) is 0.830. The van der Waals surface area contributed by atoms with Crippen LogP contribution in [0.1, 0.15) is 35.4 Å². The minimum absolute atomic E-state index is 0.0401. The third kappa shape index (κ3) is 3.88. The molecule has 21 heavy (non-hydrogen) atoms. The average Bonchev–Trinajstić information content (AvgIpc) is 2.84. The van der Waals surface area contributed by atoms with Gasteiger partial charge in [-0.3, -0.25) is 0 Å². The van der Waals surface area contributed by atoms with Crippen molar-refractivity contribution in [2.75, 3.05) is 6.54 Å². The monoisotopic (exact) mass is 297 g/mol. The molecule has 1 aromatic carbocycles. The Morgan fingerprint density at radius 2 is 1.81 bits per heavy atom. The molecule has 0 saturated carbocycles. The van der Waals surface area contributed by atoms with E-state index in [1.165, 1.54) is 12.1 Å². The van der Waals surface area contributed by atoms with E-state index in [1.807, 2.05) is 19.9 Å². The van der Waals surface area contributed by atoms with Crippen LogP contribution in [0.5, 0.6) is 0 Å². The van der Waals surface area contributed by atoms with Crippen LogP contribution < -0.4 is 5.32 Å². The standard InChI is InChI=1S/C16H18F3NO/c1-3-20-14(15-11(2)8-9-21-15)10-12-4-6-13(7-5-12)16(17,18)19/h4-9,14,20H,3,10H2,1-2H3. The van der Waals surface area contributed by atoms with Crippen molar-refractivity contribution < 1.29 is 17.6 Å². The lowest BCUT2D eigenvalue weighted by Crippen LogP contribution is -2.23. The summed E-state index contributed by atoms with van der Waals surface area (Å²) in [7, 11) is 0. The van der Waals surface area contributed by atoms with Crippen LogP contribution in [0.4, 0.5) is 13.2 Å². The van der Waals surface area contributed by atoms with Crippen molar-refractivity contribution in [1.82, 2.24) is 5.32 Å². The van der Waals surface area contributed by atoms with E-state index in [0.717, 1.165) is 35.6 Å². The second kappa shape index (κ2) is 6.35. The van der Waals surface area contributed by atoms with Gasteiger partial charge in [-0.25, -0.2) is 0 Å². The molecule has 1 heterocycles. The van der Waals surface area contributed by atoms with E-state index in [1.54, 1.807) is 6.26 Å². The van der Waals surface area contributed by atoms with E-state index in [9.17, 15) is 13.2 Å². The van der Waals surface area contributed by atoms with Crippen LogP contribution in [0, 0.1) is 6.92 Å². The number of aryl methyl sites for hydroxylation is 1. The summed E-state index contributed by atoms with van der Waals surface area (Å²) in [6, 6.07) is 7.12. The molecule has 0 amide bonds. The van der Waals surface area contributed by atoms with Crippen molar-refractivity contribution in [3.05, 3.63) is 59.0 Å². The number of furan rings is 1. The molecule has 114 valence electrons. The van der Waals surface area contributed by atoms with Crippen LogP contribution in [0.25, 0.3) is 0 Å². The molecule has 1 unspecified atom stereocenters. The quantitative estimate of drug-likeness (QED) is 0.879. The first kappa shape index (κ1) is 15.6. The summed E-state index contributed by atoms with van der Waals surface area (Å²) < 4.78 is 43.1. The molecule has 0 fully saturated rings. The number of rotatable bonds is 5. The Morgan fingerprint density at radius 3 is 2.29 bits per heavy atom. The molecule has 1 atom stereocenters. The first-order valence-corrected chi connectivity index (χ1v) is 6.85. The summed E-state index contributed by atoms with van der Waals surface area (Å²) >= 11 is 0. The molecule has 2 nitrogen and oxygen atoms in total. The zero-order valence-corrected chi connectivity index (χ0v) is 12.0. The fraction of sp³-hybridized carbons (Fsp3) is 0.375. The topological polar surface area (TPSA) is 25.2 Å². The third-order valence-electron chi connectivity index (χ3n) is 3.39. The van der Waals surface area contributed by atoms with Crippen LogP contribution in [-0.4, -0.2) is 6.54 Å². The molecular formula is C16H18F3NO. The summed E-state index contributed by atoms with van der Waals surface area (Å²) in [5.41, 5.74) is 1.25. The average molecular weight is 297 g/mol. The van der Waals surface area contributed by atoms with E-state index in [2.05, 4.69) is 5.32 Å². The summed E-state index contributed by atoms with van der Waals surface area (Å²) in [6.45, 7) is 4.69. The van der Waals surface area contributed by atoms with E-state index in [0.29, 0.717) is 6.42 Å². The molecule has 0 saturated heterocycles. The van der Waals surface area contributed by atoms with E-state index >= 15 is 0 Å². The lowest BCUT2D eigenvalue weighted by atomic mass is 10.0. The minimum atomic E-state index is -4.29. The van der Waals surface area contributed by atoms with E-state index in [4.69, 9.17) is 4.42 Å². The molecule has 0 aliphatic carbocycles. The zero-order valence-electron chi connectivity index (χ0n) is 12.0. The predicted octanol–water partition coefficient (Wildman–Crippen LogP) is 4.50. The van der Waals surface area contributed by atoms with Gasteiger partial charge in [-0.1, -0.05) is 19.1 Å². The Bertz CT molecular complexity index is 572. The number of likely N-dealkylation sites (N-methyl/N-ethyl adjacent to an activating group) is 1. The maximum Gasteiger partial charge on any atom is 0.416 e. The van der Waals surface area contributed by atoms with Crippen LogP contribution in [-0.2, 0) is 12.6 Å². The number of hydrogen-bond acceptors (Lipinski definition) is 2. The molecule has 0 radical (unpaired) electrons. The molecule has 2 rings (SSSR count). The van der Waals surface area contributed by atoms with Gasteiger partial charge in [0, 0.05) is 0 Å². The Labute approximate surface area is 122 Å². The Kier molecular flexibility index (Phi) is 4.73. The van der Waals surface area contributed by atoms with Gasteiger partial charge in [-0.15, -0.1) is 0 Å². The highest BCUT2D eigenvalue weighted by Crippen LogP contribution is 2.30. The van der Waals surface area contributed by atoms with Gasteiger partial charge in [0.05, 0.1) is 17.9 Å². The zero-order chi connectivity index (χ0) is 15.5. The van der Waals surface area contributed by atoms with Crippen LogP contribution in [0.15, 0.2) is 41.0 Å². The molecule has 0 spiro atoms. The third-order valence-corrected chi connectivity index (χ3v) is 3.39. The maximum atomic E-state index is 12.6. The first-order valence-electron chi connectivity index (χ1n) is 6.85. The van der Waals surface area contributed by atoms with E-state index in [-0.39, 0.29) is 6.04 Å².